The number of para-hydroxylation sites is 1. The molecule has 1 aliphatic heterocycles. The Bertz CT molecular complexity index is 1010. The van der Waals surface area contributed by atoms with Crippen LogP contribution in [0.5, 0.6) is 0 Å². The van der Waals surface area contributed by atoms with Crippen LogP contribution in [0.25, 0.3) is 0 Å². The maximum Gasteiger partial charge on any atom is 0.322 e. The second-order valence-electron chi connectivity index (χ2n) is 8.04. The number of carbonyl (C=O) groups is 2. The van der Waals surface area contributed by atoms with Gasteiger partial charge in [-0.2, -0.15) is 0 Å². The third-order valence-electron chi connectivity index (χ3n) is 5.70. The molecule has 3 amide bonds. The predicted octanol–water partition coefficient (Wildman–Crippen LogP) is 4.35. The Morgan fingerprint density at radius 2 is 1.62 bits per heavy atom. The molecule has 164 valence electrons. The number of hydrogen-bond acceptors (Lipinski definition) is 3. The number of aromatic nitrogens is 1. The van der Waals surface area contributed by atoms with Crippen LogP contribution >= 0.6 is 0 Å². The lowest BCUT2D eigenvalue weighted by Gasteiger charge is -2.45. The van der Waals surface area contributed by atoms with E-state index in [1.807, 2.05) is 71.6 Å². The molecule has 0 radical (unpaired) electrons. The van der Waals surface area contributed by atoms with Crippen LogP contribution in [0.4, 0.5) is 10.5 Å². The highest BCUT2D eigenvalue weighted by atomic mass is 16.2. The number of amides is 3. The summed E-state index contributed by atoms with van der Waals surface area (Å²) >= 11 is 0. The van der Waals surface area contributed by atoms with E-state index < -0.39 is 0 Å². The smallest absolute Gasteiger partial charge is 0.322 e. The van der Waals surface area contributed by atoms with E-state index in [0.717, 1.165) is 24.2 Å². The van der Waals surface area contributed by atoms with Crippen LogP contribution in [0.1, 0.15) is 24.1 Å². The Morgan fingerprint density at radius 1 is 0.938 bits per heavy atom. The second-order valence-corrected chi connectivity index (χ2v) is 8.04. The first-order chi connectivity index (χ1) is 15.7. The van der Waals surface area contributed by atoms with Crippen molar-refractivity contribution in [3.63, 3.8) is 0 Å². The molecule has 1 N–H and O–H groups in total. The van der Waals surface area contributed by atoms with Crippen molar-refractivity contribution >= 4 is 17.6 Å². The minimum absolute atomic E-state index is 0.0289. The fraction of sp³-hybridized carbons (Fsp3) is 0.269. The molecule has 0 bridgehead atoms. The molecule has 2 heterocycles. The van der Waals surface area contributed by atoms with Crippen LogP contribution in [0.15, 0.2) is 85.1 Å². The molecule has 3 aromatic rings. The van der Waals surface area contributed by atoms with Gasteiger partial charge in [-0.3, -0.25) is 9.78 Å². The van der Waals surface area contributed by atoms with Crippen molar-refractivity contribution in [2.45, 2.75) is 31.8 Å². The third-order valence-corrected chi connectivity index (χ3v) is 5.70. The molecule has 0 saturated carbocycles. The van der Waals surface area contributed by atoms with Gasteiger partial charge in [-0.25, -0.2) is 4.79 Å². The van der Waals surface area contributed by atoms with E-state index in [-0.39, 0.29) is 18.0 Å². The van der Waals surface area contributed by atoms with Crippen molar-refractivity contribution in [2.24, 2.45) is 0 Å². The van der Waals surface area contributed by atoms with Gasteiger partial charge in [0.1, 0.15) is 0 Å². The monoisotopic (exact) mass is 428 g/mol. The number of anilines is 1. The largest absolute Gasteiger partial charge is 0.338 e. The van der Waals surface area contributed by atoms with E-state index in [4.69, 9.17) is 0 Å². The van der Waals surface area contributed by atoms with Gasteiger partial charge < -0.3 is 15.1 Å². The van der Waals surface area contributed by atoms with Crippen LogP contribution in [0.3, 0.4) is 0 Å². The number of aryl methyl sites for hydroxylation is 1. The van der Waals surface area contributed by atoms with Crippen LogP contribution in [0.2, 0.25) is 0 Å². The van der Waals surface area contributed by atoms with E-state index in [1.165, 1.54) is 5.56 Å². The molecule has 1 aromatic heterocycles. The average molecular weight is 429 g/mol. The Kier molecular flexibility index (Phi) is 7.12. The summed E-state index contributed by atoms with van der Waals surface area (Å²) in [6.45, 7) is 1.51. The minimum Gasteiger partial charge on any atom is -0.338 e. The lowest BCUT2D eigenvalue weighted by Crippen LogP contribution is -2.62. The number of nitrogens with zero attached hydrogens (tertiary/aromatic N) is 3. The highest BCUT2D eigenvalue weighted by Gasteiger charge is 2.37. The molecule has 0 atom stereocenters. The minimum atomic E-state index is -0.178. The summed E-state index contributed by atoms with van der Waals surface area (Å²) in [5, 5.41) is 2.96. The van der Waals surface area contributed by atoms with Crippen LogP contribution in [-0.2, 0) is 17.8 Å². The Balaban J connectivity index is 1.32. The van der Waals surface area contributed by atoms with E-state index in [2.05, 4.69) is 22.4 Å². The molecule has 4 rings (SSSR count). The van der Waals surface area contributed by atoms with E-state index in [9.17, 15) is 9.59 Å². The molecular formula is C26H28N4O2. The SMILES string of the molecule is O=C(CCCc1ccccc1)N1CC(N(Cc2ccccn2)C(=O)Nc2ccccc2)C1. The van der Waals surface area contributed by atoms with E-state index in [1.54, 1.807) is 11.1 Å². The van der Waals surface area contributed by atoms with Gasteiger partial charge in [0.25, 0.3) is 0 Å². The Morgan fingerprint density at radius 3 is 2.31 bits per heavy atom. The summed E-state index contributed by atoms with van der Waals surface area (Å²) in [5.41, 5.74) is 2.82. The molecule has 0 unspecified atom stereocenters. The van der Waals surface area contributed by atoms with Gasteiger partial charge in [0, 0.05) is 31.4 Å². The van der Waals surface area contributed by atoms with Crippen molar-refractivity contribution in [3.8, 4) is 0 Å². The standard InChI is InChI=1S/C26H28N4O2/c31-25(16-9-12-21-10-3-1-4-11-21)29-19-24(20-29)30(18-23-15-7-8-17-27-23)26(32)28-22-13-5-2-6-14-22/h1-8,10-11,13-15,17,24H,9,12,16,18-20H2,(H,28,32). The summed E-state index contributed by atoms with van der Waals surface area (Å²) in [6.07, 6.45) is 3.98. The topological polar surface area (TPSA) is 65.5 Å². The molecule has 1 fully saturated rings. The van der Waals surface area contributed by atoms with Crippen LogP contribution < -0.4 is 5.32 Å². The van der Waals surface area contributed by atoms with Crippen molar-refractivity contribution in [1.29, 1.82) is 0 Å². The molecule has 0 spiro atoms. The van der Waals surface area contributed by atoms with Gasteiger partial charge in [0.2, 0.25) is 5.91 Å². The summed E-state index contributed by atoms with van der Waals surface area (Å²) < 4.78 is 0. The maximum absolute atomic E-state index is 13.0. The van der Waals surface area contributed by atoms with E-state index >= 15 is 0 Å². The molecule has 2 aromatic carbocycles. The zero-order chi connectivity index (χ0) is 22.2. The first-order valence-corrected chi connectivity index (χ1v) is 11.0. The zero-order valence-electron chi connectivity index (χ0n) is 18.1. The maximum atomic E-state index is 13.0. The summed E-state index contributed by atoms with van der Waals surface area (Å²) in [6, 6.07) is 25.1. The van der Waals surface area contributed by atoms with Gasteiger partial charge in [-0.15, -0.1) is 0 Å². The summed E-state index contributed by atoms with van der Waals surface area (Å²) in [5.74, 6) is 0.151. The second kappa shape index (κ2) is 10.6. The first-order valence-electron chi connectivity index (χ1n) is 11.0. The molecule has 0 aliphatic carbocycles. The molecule has 6 heteroatoms. The Labute approximate surface area is 188 Å². The van der Waals surface area contributed by atoms with Gasteiger partial charge in [0.05, 0.1) is 18.3 Å². The van der Waals surface area contributed by atoms with Gasteiger partial charge in [-0.05, 0) is 42.7 Å². The molecule has 32 heavy (non-hydrogen) atoms. The number of hydrogen-bond donors (Lipinski definition) is 1. The fourth-order valence-electron chi connectivity index (χ4n) is 3.85. The predicted molar refractivity (Wildman–Crippen MR) is 125 cm³/mol. The number of benzene rings is 2. The highest BCUT2D eigenvalue weighted by Crippen LogP contribution is 2.21. The van der Waals surface area contributed by atoms with Crippen molar-refractivity contribution < 1.29 is 9.59 Å². The van der Waals surface area contributed by atoms with Gasteiger partial charge in [-0.1, -0.05) is 54.6 Å². The molecular weight excluding hydrogens is 400 g/mol. The Hall–Kier alpha value is -3.67. The van der Waals surface area contributed by atoms with E-state index in [0.29, 0.717) is 26.1 Å². The normalized spacial score (nSPS) is 13.3. The average Bonchev–Trinajstić information content (AvgIpc) is 2.79. The number of pyridine rings is 1. The van der Waals surface area contributed by atoms with Crippen LogP contribution in [-0.4, -0.2) is 45.9 Å². The lowest BCUT2D eigenvalue weighted by atomic mass is 10.0. The number of nitrogens with one attached hydrogen (secondary N) is 1. The quantitative estimate of drug-likeness (QED) is 0.580. The molecule has 6 nitrogen and oxygen atoms in total. The lowest BCUT2D eigenvalue weighted by molar-refractivity contribution is -0.138. The van der Waals surface area contributed by atoms with Crippen molar-refractivity contribution in [2.75, 3.05) is 18.4 Å². The molecule has 1 saturated heterocycles. The first kappa shape index (κ1) is 21.6. The van der Waals surface area contributed by atoms with Crippen LogP contribution in [0, 0.1) is 0 Å². The fourth-order valence-corrected chi connectivity index (χ4v) is 3.85. The van der Waals surface area contributed by atoms with Crippen molar-refractivity contribution in [1.82, 2.24) is 14.8 Å². The summed E-state index contributed by atoms with van der Waals surface area (Å²) in [7, 11) is 0. The zero-order valence-corrected chi connectivity index (χ0v) is 18.1. The van der Waals surface area contributed by atoms with Gasteiger partial charge >= 0.3 is 6.03 Å². The van der Waals surface area contributed by atoms with Crippen molar-refractivity contribution in [3.05, 3.63) is 96.3 Å². The number of likely N-dealkylation sites (tertiary alicyclic amines) is 1. The number of carbonyl (C=O) groups excluding carboxylic acids is 2. The third kappa shape index (κ3) is 5.72. The molecule has 1 aliphatic rings. The van der Waals surface area contributed by atoms with Gasteiger partial charge in [0.15, 0.2) is 0 Å². The summed E-state index contributed by atoms with van der Waals surface area (Å²) in [4.78, 5) is 33.6. The highest BCUT2D eigenvalue weighted by molar-refractivity contribution is 5.89. The number of urea groups is 1. The number of rotatable bonds is 8.